The van der Waals surface area contributed by atoms with Gasteiger partial charge in [-0.25, -0.2) is 4.39 Å². The SMILES string of the molecule is O=C(Nc1ccc(F)cc1)C1(c2cccc(Cl)c2)CC1. The summed E-state index contributed by atoms with van der Waals surface area (Å²) in [5.74, 6) is -0.384. The lowest BCUT2D eigenvalue weighted by atomic mass is 9.95. The average molecular weight is 290 g/mol. The monoisotopic (exact) mass is 289 g/mol. The first-order chi connectivity index (χ1) is 9.60. The molecule has 1 aliphatic carbocycles. The molecule has 0 saturated heterocycles. The maximum absolute atomic E-state index is 12.9. The Balaban J connectivity index is 1.81. The summed E-state index contributed by atoms with van der Waals surface area (Å²) in [6, 6.07) is 13.2. The van der Waals surface area contributed by atoms with Crippen molar-refractivity contribution in [3.63, 3.8) is 0 Å². The Bertz CT molecular complexity index is 650. The largest absolute Gasteiger partial charge is 0.325 e. The first kappa shape index (κ1) is 13.1. The number of hydrogen-bond donors (Lipinski definition) is 1. The van der Waals surface area contributed by atoms with Crippen molar-refractivity contribution < 1.29 is 9.18 Å². The molecule has 0 unspecified atom stereocenters. The second-order valence-electron chi connectivity index (χ2n) is 5.05. The minimum Gasteiger partial charge on any atom is -0.325 e. The van der Waals surface area contributed by atoms with Crippen molar-refractivity contribution in [1.29, 1.82) is 0 Å². The zero-order valence-electron chi connectivity index (χ0n) is 10.7. The van der Waals surface area contributed by atoms with Gasteiger partial charge < -0.3 is 5.32 Å². The van der Waals surface area contributed by atoms with E-state index < -0.39 is 5.41 Å². The van der Waals surface area contributed by atoms with E-state index in [0.717, 1.165) is 18.4 Å². The predicted molar refractivity (Wildman–Crippen MR) is 77.4 cm³/mol. The van der Waals surface area contributed by atoms with E-state index in [0.29, 0.717) is 10.7 Å². The van der Waals surface area contributed by atoms with E-state index in [-0.39, 0.29) is 11.7 Å². The van der Waals surface area contributed by atoms with Crippen LogP contribution in [0.4, 0.5) is 10.1 Å². The van der Waals surface area contributed by atoms with Crippen LogP contribution in [-0.4, -0.2) is 5.91 Å². The second-order valence-corrected chi connectivity index (χ2v) is 5.49. The molecule has 2 aromatic rings. The Kier molecular flexibility index (Phi) is 3.22. The molecule has 1 N–H and O–H groups in total. The number of carbonyl (C=O) groups excluding carboxylic acids is 1. The molecule has 0 heterocycles. The fourth-order valence-corrected chi connectivity index (χ4v) is 2.53. The van der Waals surface area contributed by atoms with E-state index in [9.17, 15) is 9.18 Å². The number of halogens is 2. The minimum atomic E-state index is -0.487. The number of carbonyl (C=O) groups is 1. The third-order valence-corrected chi connectivity index (χ3v) is 3.90. The highest BCUT2D eigenvalue weighted by atomic mass is 35.5. The summed E-state index contributed by atoms with van der Waals surface area (Å²) in [5.41, 5.74) is 1.05. The molecule has 1 amide bonds. The van der Waals surface area contributed by atoms with Gasteiger partial charge in [-0.15, -0.1) is 0 Å². The van der Waals surface area contributed by atoms with Crippen molar-refractivity contribution in [2.24, 2.45) is 0 Å². The van der Waals surface area contributed by atoms with Gasteiger partial charge >= 0.3 is 0 Å². The van der Waals surface area contributed by atoms with Gasteiger partial charge in [0.25, 0.3) is 0 Å². The van der Waals surface area contributed by atoms with Crippen molar-refractivity contribution in [3.8, 4) is 0 Å². The zero-order valence-corrected chi connectivity index (χ0v) is 11.5. The third-order valence-electron chi connectivity index (χ3n) is 3.66. The quantitative estimate of drug-likeness (QED) is 0.903. The van der Waals surface area contributed by atoms with Gasteiger partial charge in [0.05, 0.1) is 5.41 Å². The van der Waals surface area contributed by atoms with E-state index in [4.69, 9.17) is 11.6 Å². The third kappa shape index (κ3) is 2.41. The predicted octanol–water partition coefficient (Wildman–Crippen LogP) is 4.15. The van der Waals surface area contributed by atoms with Crippen LogP contribution in [0.25, 0.3) is 0 Å². The summed E-state index contributed by atoms with van der Waals surface area (Å²) < 4.78 is 12.9. The molecule has 4 heteroatoms. The first-order valence-corrected chi connectivity index (χ1v) is 6.81. The minimum absolute atomic E-state index is 0.0635. The summed E-state index contributed by atoms with van der Waals surface area (Å²) in [6.07, 6.45) is 1.61. The lowest BCUT2D eigenvalue weighted by Crippen LogP contribution is -2.27. The summed E-state index contributed by atoms with van der Waals surface area (Å²) >= 11 is 5.99. The highest BCUT2D eigenvalue weighted by molar-refractivity contribution is 6.30. The Morgan fingerprint density at radius 2 is 1.85 bits per heavy atom. The van der Waals surface area contributed by atoms with Crippen LogP contribution in [-0.2, 0) is 10.2 Å². The Labute approximate surface area is 121 Å². The summed E-state index contributed by atoms with van der Waals surface area (Å²) in [7, 11) is 0. The van der Waals surface area contributed by atoms with Crippen LogP contribution in [0.5, 0.6) is 0 Å². The van der Waals surface area contributed by atoms with Crippen LogP contribution in [0.1, 0.15) is 18.4 Å². The van der Waals surface area contributed by atoms with E-state index in [1.165, 1.54) is 12.1 Å². The molecule has 0 spiro atoms. The lowest BCUT2D eigenvalue weighted by Gasteiger charge is -2.16. The molecule has 2 nitrogen and oxygen atoms in total. The van der Waals surface area contributed by atoms with Crippen LogP contribution < -0.4 is 5.32 Å². The molecule has 2 aromatic carbocycles. The van der Waals surface area contributed by atoms with Crippen LogP contribution in [0, 0.1) is 5.82 Å². The fraction of sp³-hybridized carbons (Fsp3) is 0.188. The molecule has 3 rings (SSSR count). The number of anilines is 1. The summed E-state index contributed by atoms with van der Waals surface area (Å²) in [4.78, 5) is 12.4. The molecule has 20 heavy (non-hydrogen) atoms. The molecule has 1 saturated carbocycles. The molecule has 0 bridgehead atoms. The van der Waals surface area contributed by atoms with Gasteiger partial charge in [-0.2, -0.15) is 0 Å². The topological polar surface area (TPSA) is 29.1 Å². The number of hydrogen-bond acceptors (Lipinski definition) is 1. The smallest absolute Gasteiger partial charge is 0.235 e. The highest BCUT2D eigenvalue weighted by Crippen LogP contribution is 2.49. The maximum atomic E-state index is 12.9. The number of nitrogens with one attached hydrogen (secondary N) is 1. The molecular formula is C16H13ClFNO. The van der Waals surface area contributed by atoms with E-state index >= 15 is 0 Å². The van der Waals surface area contributed by atoms with Crippen LogP contribution >= 0.6 is 11.6 Å². The maximum Gasteiger partial charge on any atom is 0.235 e. The second kappa shape index (κ2) is 4.91. The molecule has 1 aliphatic rings. The van der Waals surface area contributed by atoms with Gasteiger partial charge in [-0.1, -0.05) is 23.7 Å². The Morgan fingerprint density at radius 3 is 2.45 bits per heavy atom. The van der Waals surface area contributed by atoms with Crippen LogP contribution in [0.2, 0.25) is 5.02 Å². The Hall–Kier alpha value is -1.87. The van der Waals surface area contributed by atoms with Crippen molar-refractivity contribution in [2.75, 3.05) is 5.32 Å². The van der Waals surface area contributed by atoms with E-state index in [1.807, 2.05) is 18.2 Å². The van der Waals surface area contributed by atoms with Crippen molar-refractivity contribution in [2.45, 2.75) is 18.3 Å². The highest BCUT2D eigenvalue weighted by Gasteiger charge is 2.51. The normalized spacial score (nSPS) is 15.7. The van der Waals surface area contributed by atoms with Crippen molar-refractivity contribution in [3.05, 3.63) is 64.9 Å². The number of amides is 1. The lowest BCUT2D eigenvalue weighted by molar-refractivity contribution is -0.118. The van der Waals surface area contributed by atoms with E-state index in [1.54, 1.807) is 18.2 Å². The Morgan fingerprint density at radius 1 is 1.15 bits per heavy atom. The molecule has 102 valence electrons. The van der Waals surface area contributed by atoms with Gasteiger partial charge in [0.15, 0.2) is 0 Å². The van der Waals surface area contributed by atoms with Crippen LogP contribution in [0.3, 0.4) is 0 Å². The fourth-order valence-electron chi connectivity index (χ4n) is 2.34. The van der Waals surface area contributed by atoms with Crippen molar-refractivity contribution in [1.82, 2.24) is 0 Å². The summed E-state index contributed by atoms with van der Waals surface area (Å²) in [5, 5.41) is 3.47. The molecule has 0 aliphatic heterocycles. The molecule has 1 fully saturated rings. The van der Waals surface area contributed by atoms with E-state index in [2.05, 4.69) is 5.32 Å². The molecule has 0 aromatic heterocycles. The van der Waals surface area contributed by atoms with Gasteiger partial charge in [0.2, 0.25) is 5.91 Å². The number of rotatable bonds is 3. The molecule has 0 atom stereocenters. The van der Waals surface area contributed by atoms with Crippen molar-refractivity contribution >= 4 is 23.2 Å². The number of benzene rings is 2. The van der Waals surface area contributed by atoms with Gasteiger partial charge in [0.1, 0.15) is 5.82 Å². The summed E-state index contributed by atoms with van der Waals surface area (Å²) in [6.45, 7) is 0. The van der Waals surface area contributed by atoms with Gasteiger partial charge in [0, 0.05) is 10.7 Å². The van der Waals surface area contributed by atoms with Gasteiger partial charge in [-0.05, 0) is 54.8 Å². The zero-order chi connectivity index (χ0) is 14.2. The molecular weight excluding hydrogens is 277 g/mol. The van der Waals surface area contributed by atoms with Gasteiger partial charge in [-0.3, -0.25) is 4.79 Å². The standard InChI is InChI=1S/C16H13ClFNO/c17-12-3-1-2-11(10-12)16(8-9-16)15(20)19-14-6-4-13(18)5-7-14/h1-7,10H,8-9H2,(H,19,20). The first-order valence-electron chi connectivity index (χ1n) is 6.43. The van der Waals surface area contributed by atoms with Crippen LogP contribution in [0.15, 0.2) is 48.5 Å². The molecule has 0 radical (unpaired) electrons. The average Bonchev–Trinajstić information content (AvgIpc) is 3.23.